The first-order valence-electron chi connectivity index (χ1n) is 6.33. The van der Waals surface area contributed by atoms with Crippen molar-refractivity contribution in [2.45, 2.75) is 40.5 Å². The molecule has 0 saturated carbocycles. The van der Waals surface area contributed by atoms with E-state index in [0.29, 0.717) is 29.0 Å². The first-order chi connectivity index (χ1) is 8.29. The van der Waals surface area contributed by atoms with E-state index in [9.17, 15) is 4.79 Å². The van der Waals surface area contributed by atoms with E-state index in [1.807, 2.05) is 0 Å². The summed E-state index contributed by atoms with van der Waals surface area (Å²) in [6, 6.07) is 5.19. The van der Waals surface area contributed by atoms with Gasteiger partial charge in [0.05, 0.1) is 12.2 Å². The average Bonchev–Trinajstić information content (AvgIpc) is 2.24. The molecule has 0 aliphatic heterocycles. The number of hydrogen-bond acceptors (Lipinski definition) is 3. The maximum absolute atomic E-state index is 11.5. The molecule has 0 saturated heterocycles. The van der Waals surface area contributed by atoms with Crippen LogP contribution in [0.25, 0.3) is 0 Å². The molecule has 1 aromatic carbocycles. The zero-order valence-electron chi connectivity index (χ0n) is 11.7. The molecule has 0 amide bonds. The largest absolute Gasteiger partial charge is 0.493 e. The van der Waals surface area contributed by atoms with Gasteiger partial charge in [-0.3, -0.25) is 4.79 Å². The van der Waals surface area contributed by atoms with E-state index in [-0.39, 0.29) is 5.78 Å². The number of ketones is 1. The van der Waals surface area contributed by atoms with Gasteiger partial charge < -0.3 is 10.5 Å². The van der Waals surface area contributed by atoms with Crippen LogP contribution in [0.3, 0.4) is 0 Å². The van der Waals surface area contributed by atoms with Crippen molar-refractivity contribution in [3.05, 3.63) is 23.8 Å². The molecule has 18 heavy (non-hydrogen) atoms. The summed E-state index contributed by atoms with van der Waals surface area (Å²) in [6.45, 7) is 8.77. The number of Topliss-reactive ketones (excluding diaryl/α,β-unsaturated/α-hetero) is 1. The molecule has 0 bridgehead atoms. The minimum atomic E-state index is -0.0203. The van der Waals surface area contributed by atoms with Gasteiger partial charge in [-0.1, -0.05) is 20.8 Å². The Morgan fingerprint density at radius 1 is 1.33 bits per heavy atom. The maximum atomic E-state index is 11.5. The lowest BCUT2D eigenvalue weighted by molar-refractivity contribution is 0.101. The molecule has 3 heteroatoms. The smallest absolute Gasteiger partial charge is 0.163 e. The zero-order valence-corrected chi connectivity index (χ0v) is 11.7. The lowest BCUT2D eigenvalue weighted by atomic mass is 9.91. The Bertz CT molecular complexity index is 419. The van der Waals surface area contributed by atoms with Crippen LogP contribution in [0.2, 0.25) is 0 Å². The summed E-state index contributed by atoms with van der Waals surface area (Å²) in [4.78, 5) is 11.5. The number of carbonyl (C=O) groups is 1. The topological polar surface area (TPSA) is 52.3 Å². The molecule has 100 valence electrons. The number of benzene rings is 1. The van der Waals surface area contributed by atoms with Crippen LogP contribution < -0.4 is 10.5 Å². The molecule has 0 unspecified atom stereocenters. The minimum Gasteiger partial charge on any atom is -0.493 e. The third-order valence-electron chi connectivity index (χ3n) is 2.71. The number of nitrogens with two attached hydrogens (primary N) is 1. The highest BCUT2D eigenvalue weighted by molar-refractivity contribution is 5.97. The predicted molar refractivity (Wildman–Crippen MR) is 75.0 cm³/mol. The number of anilines is 1. The monoisotopic (exact) mass is 249 g/mol. The number of hydrogen-bond donors (Lipinski definition) is 1. The van der Waals surface area contributed by atoms with Crippen molar-refractivity contribution < 1.29 is 9.53 Å². The average molecular weight is 249 g/mol. The van der Waals surface area contributed by atoms with Gasteiger partial charge in [0.2, 0.25) is 0 Å². The van der Waals surface area contributed by atoms with Crippen LogP contribution in [0.5, 0.6) is 5.75 Å². The second-order valence-corrected chi connectivity index (χ2v) is 5.82. The standard InChI is InChI=1S/C15H23NO2/c1-11(17)13-10-12(16)6-7-14(13)18-9-5-8-15(2,3)4/h6-7,10H,5,8-9,16H2,1-4H3. The SMILES string of the molecule is CC(=O)c1cc(N)ccc1OCCCC(C)(C)C. The van der Waals surface area contributed by atoms with Crippen molar-refractivity contribution in [2.75, 3.05) is 12.3 Å². The van der Waals surface area contributed by atoms with Crippen LogP contribution >= 0.6 is 0 Å². The Labute approximate surface area is 109 Å². The highest BCUT2D eigenvalue weighted by Crippen LogP contribution is 2.24. The van der Waals surface area contributed by atoms with Gasteiger partial charge in [0.1, 0.15) is 5.75 Å². The highest BCUT2D eigenvalue weighted by Gasteiger charge is 2.11. The van der Waals surface area contributed by atoms with Gasteiger partial charge in [0, 0.05) is 5.69 Å². The van der Waals surface area contributed by atoms with E-state index in [1.165, 1.54) is 6.92 Å². The highest BCUT2D eigenvalue weighted by atomic mass is 16.5. The van der Waals surface area contributed by atoms with Gasteiger partial charge in [0.25, 0.3) is 0 Å². The Morgan fingerprint density at radius 2 is 2.00 bits per heavy atom. The summed E-state index contributed by atoms with van der Waals surface area (Å²) in [5.74, 6) is 0.610. The van der Waals surface area contributed by atoms with Crippen molar-refractivity contribution in [1.29, 1.82) is 0 Å². The van der Waals surface area contributed by atoms with Gasteiger partial charge in [-0.25, -0.2) is 0 Å². The Balaban J connectivity index is 2.59. The van der Waals surface area contributed by atoms with Crippen molar-refractivity contribution in [3.8, 4) is 5.75 Å². The molecule has 0 aromatic heterocycles. The van der Waals surface area contributed by atoms with Crippen molar-refractivity contribution in [3.63, 3.8) is 0 Å². The molecule has 0 radical (unpaired) electrons. The van der Waals surface area contributed by atoms with E-state index >= 15 is 0 Å². The van der Waals surface area contributed by atoms with Gasteiger partial charge in [-0.05, 0) is 43.4 Å². The molecule has 0 fully saturated rings. The van der Waals surface area contributed by atoms with E-state index < -0.39 is 0 Å². The van der Waals surface area contributed by atoms with Gasteiger partial charge in [-0.15, -0.1) is 0 Å². The summed E-state index contributed by atoms with van der Waals surface area (Å²) in [5, 5.41) is 0. The number of ether oxygens (including phenoxy) is 1. The van der Waals surface area contributed by atoms with E-state index in [1.54, 1.807) is 18.2 Å². The Hall–Kier alpha value is -1.51. The van der Waals surface area contributed by atoms with Crippen LogP contribution in [-0.2, 0) is 0 Å². The van der Waals surface area contributed by atoms with Gasteiger partial charge >= 0.3 is 0 Å². The fraction of sp³-hybridized carbons (Fsp3) is 0.533. The molecule has 0 spiro atoms. The van der Waals surface area contributed by atoms with Gasteiger partial charge in [0.15, 0.2) is 5.78 Å². The fourth-order valence-corrected chi connectivity index (χ4v) is 1.73. The van der Waals surface area contributed by atoms with E-state index in [0.717, 1.165) is 12.8 Å². The summed E-state index contributed by atoms with van der Waals surface area (Å²) in [6.07, 6.45) is 2.07. The molecule has 1 aromatic rings. The third kappa shape index (κ3) is 4.78. The van der Waals surface area contributed by atoms with Crippen molar-refractivity contribution in [1.82, 2.24) is 0 Å². The second-order valence-electron chi connectivity index (χ2n) is 5.82. The first-order valence-corrected chi connectivity index (χ1v) is 6.33. The quantitative estimate of drug-likeness (QED) is 0.492. The molecule has 0 aliphatic rings. The van der Waals surface area contributed by atoms with Crippen LogP contribution in [0.4, 0.5) is 5.69 Å². The molecule has 0 heterocycles. The van der Waals surface area contributed by atoms with Gasteiger partial charge in [-0.2, -0.15) is 0 Å². The second kappa shape index (κ2) is 5.89. The summed E-state index contributed by atoms with van der Waals surface area (Å²) >= 11 is 0. The minimum absolute atomic E-state index is 0.0203. The normalized spacial score (nSPS) is 11.3. The Kier molecular flexibility index (Phi) is 4.76. The van der Waals surface area contributed by atoms with Crippen LogP contribution in [0, 0.1) is 5.41 Å². The number of nitrogen functional groups attached to an aromatic ring is 1. The predicted octanol–water partition coefficient (Wildman–Crippen LogP) is 3.68. The first kappa shape index (κ1) is 14.6. The van der Waals surface area contributed by atoms with E-state index in [4.69, 9.17) is 10.5 Å². The molecule has 2 N–H and O–H groups in total. The molecule has 1 rings (SSSR count). The zero-order chi connectivity index (χ0) is 13.8. The Morgan fingerprint density at radius 3 is 2.56 bits per heavy atom. The molecule has 0 atom stereocenters. The lowest BCUT2D eigenvalue weighted by Gasteiger charge is -2.18. The number of carbonyl (C=O) groups excluding carboxylic acids is 1. The fourth-order valence-electron chi connectivity index (χ4n) is 1.73. The van der Waals surface area contributed by atoms with Crippen molar-refractivity contribution >= 4 is 11.5 Å². The summed E-state index contributed by atoms with van der Waals surface area (Å²) in [7, 11) is 0. The molecule has 0 aliphatic carbocycles. The molecule has 3 nitrogen and oxygen atoms in total. The lowest BCUT2D eigenvalue weighted by Crippen LogP contribution is -2.09. The van der Waals surface area contributed by atoms with E-state index in [2.05, 4.69) is 20.8 Å². The molecular weight excluding hydrogens is 226 g/mol. The van der Waals surface area contributed by atoms with Crippen LogP contribution in [0.1, 0.15) is 50.9 Å². The number of rotatable bonds is 5. The summed E-state index contributed by atoms with van der Waals surface area (Å²) < 4.78 is 5.67. The third-order valence-corrected chi connectivity index (χ3v) is 2.71. The van der Waals surface area contributed by atoms with Crippen LogP contribution in [0.15, 0.2) is 18.2 Å². The summed E-state index contributed by atoms with van der Waals surface area (Å²) in [5.41, 5.74) is 7.13. The molecular formula is C15H23NO2. The van der Waals surface area contributed by atoms with Crippen LogP contribution in [-0.4, -0.2) is 12.4 Å². The van der Waals surface area contributed by atoms with Crippen molar-refractivity contribution in [2.24, 2.45) is 5.41 Å². The maximum Gasteiger partial charge on any atom is 0.163 e.